The molecule has 0 bridgehead atoms. The zero-order valence-corrected chi connectivity index (χ0v) is 11.2. The Morgan fingerprint density at radius 3 is 2.41 bits per heavy atom. The SMILES string of the molecule is CCCCCCC(C)=Nc1ccc(OC)cc1. The van der Waals surface area contributed by atoms with Crippen molar-refractivity contribution in [1.82, 2.24) is 0 Å². The minimum Gasteiger partial charge on any atom is -0.497 e. The van der Waals surface area contributed by atoms with Crippen LogP contribution in [0.5, 0.6) is 5.75 Å². The number of ether oxygens (including phenoxy) is 1. The summed E-state index contributed by atoms with van der Waals surface area (Å²) in [6, 6.07) is 7.88. The van der Waals surface area contributed by atoms with Crippen molar-refractivity contribution in [1.29, 1.82) is 0 Å². The molecule has 0 N–H and O–H groups in total. The number of rotatable bonds is 7. The number of hydrogen-bond donors (Lipinski definition) is 0. The van der Waals surface area contributed by atoms with Gasteiger partial charge in [-0.3, -0.25) is 4.99 Å². The van der Waals surface area contributed by atoms with E-state index in [1.807, 2.05) is 24.3 Å². The quantitative estimate of drug-likeness (QED) is 0.491. The fourth-order valence-electron chi connectivity index (χ4n) is 1.74. The predicted molar refractivity (Wildman–Crippen MR) is 74.5 cm³/mol. The number of benzene rings is 1. The first-order valence-corrected chi connectivity index (χ1v) is 6.44. The van der Waals surface area contributed by atoms with Gasteiger partial charge in [0.15, 0.2) is 0 Å². The molecule has 17 heavy (non-hydrogen) atoms. The molecule has 2 nitrogen and oxygen atoms in total. The van der Waals surface area contributed by atoms with Gasteiger partial charge in [0.2, 0.25) is 0 Å². The molecule has 0 aliphatic heterocycles. The Morgan fingerprint density at radius 1 is 1.12 bits per heavy atom. The van der Waals surface area contributed by atoms with Gasteiger partial charge in [-0.2, -0.15) is 0 Å². The Morgan fingerprint density at radius 2 is 1.82 bits per heavy atom. The third-order valence-electron chi connectivity index (χ3n) is 2.78. The van der Waals surface area contributed by atoms with Crippen LogP contribution in [0.3, 0.4) is 0 Å². The van der Waals surface area contributed by atoms with Crippen LogP contribution in [0, 0.1) is 0 Å². The predicted octanol–water partition coefficient (Wildman–Crippen LogP) is 4.76. The number of aliphatic imine (C=N–C) groups is 1. The minimum atomic E-state index is 0.879. The van der Waals surface area contributed by atoms with Crippen LogP contribution < -0.4 is 4.74 Å². The lowest BCUT2D eigenvalue weighted by atomic mass is 10.1. The summed E-state index contributed by atoms with van der Waals surface area (Å²) >= 11 is 0. The number of hydrogen-bond acceptors (Lipinski definition) is 2. The molecule has 0 aliphatic carbocycles. The molecule has 1 aromatic rings. The summed E-state index contributed by atoms with van der Waals surface area (Å²) in [4.78, 5) is 4.59. The highest BCUT2D eigenvalue weighted by molar-refractivity contribution is 5.84. The molecule has 2 heteroatoms. The molecule has 0 unspecified atom stereocenters. The van der Waals surface area contributed by atoms with Gasteiger partial charge in [-0.15, -0.1) is 0 Å². The molecule has 0 aliphatic rings. The van der Waals surface area contributed by atoms with E-state index in [-0.39, 0.29) is 0 Å². The fraction of sp³-hybridized carbons (Fsp3) is 0.533. The molecule has 0 heterocycles. The lowest BCUT2D eigenvalue weighted by Gasteiger charge is -2.02. The van der Waals surface area contributed by atoms with E-state index in [1.165, 1.54) is 31.4 Å². The molecule has 1 aromatic carbocycles. The first-order chi connectivity index (χ1) is 8.26. The van der Waals surface area contributed by atoms with Gasteiger partial charge in [0, 0.05) is 5.71 Å². The Kier molecular flexibility index (Phi) is 6.38. The fourth-order valence-corrected chi connectivity index (χ4v) is 1.74. The summed E-state index contributed by atoms with van der Waals surface area (Å²) in [5, 5.41) is 0. The Labute approximate surface area is 105 Å². The topological polar surface area (TPSA) is 21.6 Å². The number of nitrogens with zero attached hydrogens (tertiary/aromatic N) is 1. The Balaban J connectivity index is 2.43. The van der Waals surface area contributed by atoms with Crippen LogP contribution in [-0.4, -0.2) is 12.8 Å². The van der Waals surface area contributed by atoms with Gasteiger partial charge in [-0.25, -0.2) is 0 Å². The van der Waals surface area contributed by atoms with Gasteiger partial charge >= 0.3 is 0 Å². The molecule has 94 valence electrons. The molecule has 0 aromatic heterocycles. The van der Waals surface area contributed by atoms with E-state index >= 15 is 0 Å². The average molecular weight is 233 g/mol. The van der Waals surface area contributed by atoms with Crippen LogP contribution in [0.15, 0.2) is 29.3 Å². The molecule has 0 atom stereocenters. The summed E-state index contributed by atoms with van der Waals surface area (Å²) in [7, 11) is 1.68. The zero-order valence-electron chi connectivity index (χ0n) is 11.2. The van der Waals surface area contributed by atoms with Crippen LogP contribution in [-0.2, 0) is 0 Å². The molecule has 0 fully saturated rings. The second-order valence-electron chi connectivity index (χ2n) is 4.36. The van der Waals surface area contributed by atoms with Crippen LogP contribution in [0.2, 0.25) is 0 Å². The van der Waals surface area contributed by atoms with E-state index in [0.29, 0.717) is 0 Å². The first-order valence-electron chi connectivity index (χ1n) is 6.44. The van der Waals surface area contributed by atoms with E-state index in [2.05, 4.69) is 18.8 Å². The average Bonchev–Trinajstić information content (AvgIpc) is 2.36. The Hall–Kier alpha value is -1.31. The highest BCUT2D eigenvalue weighted by Crippen LogP contribution is 2.18. The molecular formula is C15H23NO. The van der Waals surface area contributed by atoms with Gasteiger partial charge in [-0.05, 0) is 44.0 Å². The second-order valence-corrected chi connectivity index (χ2v) is 4.36. The smallest absolute Gasteiger partial charge is 0.119 e. The molecule has 0 radical (unpaired) electrons. The van der Waals surface area contributed by atoms with Gasteiger partial charge in [-0.1, -0.05) is 26.2 Å². The summed E-state index contributed by atoms with van der Waals surface area (Å²) in [5.74, 6) is 0.879. The van der Waals surface area contributed by atoms with E-state index in [4.69, 9.17) is 4.74 Å². The van der Waals surface area contributed by atoms with Gasteiger partial charge in [0.25, 0.3) is 0 Å². The van der Waals surface area contributed by atoms with Crippen molar-refractivity contribution in [3.05, 3.63) is 24.3 Å². The number of unbranched alkanes of at least 4 members (excludes halogenated alkanes) is 3. The van der Waals surface area contributed by atoms with Crippen molar-refractivity contribution in [2.24, 2.45) is 4.99 Å². The maximum Gasteiger partial charge on any atom is 0.119 e. The van der Waals surface area contributed by atoms with E-state index in [9.17, 15) is 0 Å². The van der Waals surface area contributed by atoms with Crippen LogP contribution >= 0.6 is 0 Å². The minimum absolute atomic E-state index is 0.879. The normalized spacial score (nSPS) is 11.6. The van der Waals surface area contributed by atoms with Crippen LogP contribution in [0.1, 0.15) is 46.0 Å². The molecule has 0 spiro atoms. The van der Waals surface area contributed by atoms with Gasteiger partial charge in [0.05, 0.1) is 12.8 Å². The van der Waals surface area contributed by atoms with E-state index in [1.54, 1.807) is 7.11 Å². The third-order valence-corrected chi connectivity index (χ3v) is 2.78. The van der Waals surface area contributed by atoms with Crippen molar-refractivity contribution < 1.29 is 4.74 Å². The van der Waals surface area contributed by atoms with Crippen LogP contribution in [0.4, 0.5) is 5.69 Å². The highest BCUT2D eigenvalue weighted by Gasteiger charge is 1.95. The highest BCUT2D eigenvalue weighted by atomic mass is 16.5. The zero-order chi connectivity index (χ0) is 12.5. The summed E-state index contributed by atoms with van der Waals surface area (Å²) in [6.07, 6.45) is 6.28. The molecular weight excluding hydrogens is 210 g/mol. The lowest BCUT2D eigenvalue weighted by molar-refractivity contribution is 0.415. The number of methoxy groups -OCH3 is 1. The maximum absolute atomic E-state index is 5.12. The summed E-state index contributed by atoms with van der Waals surface area (Å²) in [6.45, 7) is 4.34. The van der Waals surface area contributed by atoms with Gasteiger partial charge in [0.1, 0.15) is 5.75 Å². The third kappa shape index (κ3) is 5.53. The lowest BCUT2D eigenvalue weighted by Crippen LogP contribution is -1.90. The molecule has 0 saturated carbocycles. The van der Waals surface area contributed by atoms with Crippen molar-refractivity contribution in [2.45, 2.75) is 46.0 Å². The van der Waals surface area contributed by atoms with E-state index < -0.39 is 0 Å². The summed E-state index contributed by atoms with van der Waals surface area (Å²) in [5.41, 5.74) is 2.23. The maximum atomic E-state index is 5.12. The molecule has 0 amide bonds. The molecule has 0 saturated heterocycles. The van der Waals surface area contributed by atoms with Crippen LogP contribution in [0.25, 0.3) is 0 Å². The van der Waals surface area contributed by atoms with Crippen molar-refractivity contribution in [3.63, 3.8) is 0 Å². The monoisotopic (exact) mass is 233 g/mol. The van der Waals surface area contributed by atoms with Crippen molar-refractivity contribution in [3.8, 4) is 5.75 Å². The van der Waals surface area contributed by atoms with Gasteiger partial charge < -0.3 is 4.74 Å². The van der Waals surface area contributed by atoms with E-state index in [0.717, 1.165) is 17.9 Å². The molecule has 1 rings (SSSR count). The standard InChI is InChI=1S/C15H23NO/c1-4-5-6-7-8-13(2)16-14-9-11-15(17-3)12-10-14/h9-12H,4-8H2,1-3H3. The largest absolute Gasteiger partial charge is 0.497 e. The first kappa shape index (κ1) is 13.8. The summed E-state index contributed by atoms with van der Waals surface area (Å²) < 4.78 is 5.12. The van der Waals surface area contributed by atoms with Crippen molar-refractivity contribution in [2.75, 3.05) is 7.11 Å². The van der Waals surface area contributed by atoms with Crippen molar-refractivity contribution >= 4 is 11.4 Å². The Bertz CT molecular complexity index is 340. The second kappa shape index (κ2) is 7.88.